The number of aromatic hydroxyl groups is 2. The molecule has 0 fully saturated rings. The van der Waals surface area contributed by atoms with E-state index in [9.17, 15) is 19.8 Å². The van der Waals surface area contributed by atoms with Crippen molar-refractivity contribution in [2.45, 2.75) is 6.04 Å². The van der Waals surface area contributed by atoms with Crippen LogP contribution in [0.25, 0.3) is 27.8 Å². The minimum atomic E-state index is -0.608. The molecule has 6 rings (SSSR count). The standard InChI is InChI=1S/C27H22N4O4/c1-29-24-21(26(34)30(2)27(29)35)23(15-8-4-3-5-9-15)31-19-11-7-6-10-18(19)28-22(25(24)31)17-13-12-16(32)14-20(17)33/h3-14,22,28,32-33H,1-2H3/t22-/m0/s1. The molecule has 3 N–H and O–H groups in total. The first kappa shape index (κ1) is 20.9. The minimum Gasteiger partial charge on any atom is -0.508 e. The summed E-state index contributed by atoms with van der Waals surface area (Å²) in [5.41, 5.74) is 3.92. The summed E-state index contributed by atoms with van der Waals surface area (Å²) in [7, 11) is 3.12. The highest BCUT2D eigenvalue weighted by molar-refractivity contribution is 5.99. The summed E-state index contributed by atoms with van der Waals surface area (Å²) in [6.07, 6.45) is 0. The van der Waals surface area contributed by atoms with Gasteiger partial charge in [-0.05, 0) is 29.8 Å². The number of nitrogens with zero attached hydrogens (tertiary/aromatic N) is 3. The van der Waals surface area contributed by atoms with Crippen molar-refractivity contribution in [1.82, 2.24) is 13.7 Å². The number of hydrogen-bond acceptors (Lipinski definition) is 5. The van der Waals surface area contributed by atoms with Gasteiger partial charge in [-0.1, -0.05) is 42.5 Å². The molecule has 1 atom stereocenters. The van der Waals surface area contributed by atoms with Crippen molar-refractivity contribution in [3.63, 3.8) is 0 Å². The molecule has 0 aliphatic carbocycles. The fourth-order valence-corrected chi connectivity index (χ4v) is 5.10. The number of rotatable bonds is 2. The first-order valence-electron chi connectivity index (χ1n) is 11.2. The monoisotopic (exact) mass is 466 g/mol. The summed E-state index contributed by atoms with van der Waals surface area (Å²) >= 11 is 0. The Morgan fingerprint density at radius 1 is 0.857 bits per heavy atom. The summed E-state index contributed by atoms with van der Waals surface area (Å²) in [5, 5.41) is 24.6. The van der Waals surface area contributed by atoms with Crippen LogP contribution in [-0.4, -0.2) is 23.9 Å². The maximum Gasteiger partial charge on any atom is 0.331 e. The molecule has 35 heavy (non-hydrogen) atoms. The molecule has 0 saturated carbocycles. The van der Waals surface area contributed by atoms with Crippen molar-refractivity contribution < 1.29 is 10.2 Å². The van der Waals surface area contributed by atoms with Gasteiger partial charge in [0.2, 0.25) is 0 Å². The van der Waals surface area contributed by atoms with E-state index in [2.05, 4.69) is 5.32 Å². The van der Waals surface area contributed by atoms with E-state index in [1.54, 1.807) is 13.1 Å². The van der Waals surface area contributed by atoms with Crippen LogP contribution in [0, 0.1) is 0 Å². The smallest absolute Gasteiger partial charge is 0.331 e. The predicted molar refractivity (Wildman–Crippen MR) is 134 cm³/mol. The number of benzene rings is 3. The van der Waals surface area contributed by atoms with Gasteiger partial charge in [0.25, 0.3) is 5.56 Å². The maximum atomic E-state index is 13.6. The second-order valence-electron chi connectivity index (χ2n) is 8.70. The largest absolute Gasteiger partial charge is 0.508 e. The Morgan fingerprint density at radius 3 is 2.31 bits per heavy atom. The van der Waals surface area contributed by atoms with E-state index in [4.69, 9.17) is 0 Å². The fraction of sp³-hybridized carbons (Fsp3) is 0.111. The Labute approximate surface area is 199 Å². The van der Waals surface area contributed by atoms with E-state index in [0.29, 0.717) is 27.9 Å². The average molecular weight is 466 g/mol. The Balaban J connectivity index is 1.87. The Morgan fingerprint density at radius 2 is 1.57 bits per heavy atom. The summed E-state index contributed by atoms with van der Waals surface area (Å²) in [6.45, 7) is 0. The maximum absolute atomic E-state index is 13.6. The molecule has 0 amide bonds. The van der Waals surface area contributed by atoms with E-state index in [1.807, 2.05) is 59.2 Å². The zero-order valence-corrected chi connectivity index (χ0v) is 19.1. The highest BCUT2D eigenvalue weighted by Crippen LogP contribution is 2.47. The van der Waals surface area contributed by atoms with Crippen LogP contribution in [-0.2, 0) is 14.1 Å². The molecule has 3 heterocycles. The number of aromatic nitrogens is 3. The summed E-state index contributed by atoms with van der Waals surface area (Å²) < 4.78 is 4.60. The Hall–Kier alpha value is -4.72. The van der Waals surface area contributed by atoms with E-state index in [0.717, 1.165) is 21.5 Å². The number of fused-ring (bicyclic) bond motifs is 5. The van der Waals surface area contributed by atoms with E-state index < -0.39 is 17.3 Å². The first-order valence-corrected chi connectivity index (χ1v) is 11.2. The highest BCUT2D eigenvalue weighted by Gasteiger charge is 2.35. The third-order valence-electron chi connectivity index (χ3n) is 6.70. The zero-order chi connectivity index (χ0) is 24.4. The van der Waals surface area contributed by atoms with Gasteiger partial charge in [0.05, 0.1) is 39.7 Å². The normalized spacial score (nSPS) is 14.4. The second-order valence-corrected chi connectivity index (χ2v) is 8.70. The third-order valence-corrected chi connectivity index (χ3v) is 6.70. The molecule has 174 valence electrons. The lowest BCUT2D eigenvalue weighted by Crippen LogP contribution is -2.37. The molecular weight excluding hydrogens is 444 g/mol. The fourth-order valence-electron chi connectivity index (χ4n) is 5.10. The van der Waals surface area contributed by atoms with Crippen molar-refractivity contribution in [1.29, 1.82) is 0 Å². The molecule has 0 bridgehead atoms. The number of phenolic OH excluding ortho intramolecular Hbond substituents is 2. The van der Waals surface area contributed by atoms with Gasteiger partial charge in [0.15, 0.2) is 0 Å². The Bertz CT molecular complexity index is 1760. The number of anilines is 1. The lowest BCUT2D eigenvalue weighted by atomic mass is 9.98. The van der Waals surface area contributed by atoms with Gasteiger partial charge in [-0.25, -0.2) is 4.79 Å². The SMILES string of the molecule is Cn1c(=O)c2c(-c3ccccc3)n3c(c2n(C)c1=O)[C@H](c1ccc(O)cc1O)Nc1ccccc1-3. The summed E-state index contributed by atoms with van der Waals surface area (Å²) in [6, 6.07) is 21.1. The zero-order valence-electron chi connectivity index (χ0n) is 19.1. The summed E-state index contributed by atoms with van der Waals surface area (Å²) in [4.78, 5) is 26.7. The van der Waals surface area contributed by atoms with Crippen LogP contribution in [0.3, 0.4) is 0 Å². The van der Waals surface area contributed by atoms with Crippen molar-refractivity contribution in [2.24, 2.45) is 14.1 Å². The molecule has 8 nitrogen and oxygen atoms in total. The van der Waals surface area contributed by atoms with Gasteiger partial charge in [-0.3, -0.25) is 13.9 Å². The first-order chi connectivity index (χ1) is 16.9. The van der Waals surface area contributed by atoms with Crippen LogP contribution in [0.2, 0.25) is 0 Å². The van der Waals surface area contributed by atoms with E-state index in [-0.39, 0.29) is 11.5 Å². The van der Waals surface area contributed by atoms with Crippen LogP contribution in [0.4, 0.5) is 5.69 Å². The number of aryl methyl sites for hydroxylation is 1. The van der Waals surface area contributed by atoms with Gasteiger partial charge in [-0.2, -0.15) is 0 Å². The molecule has 0 unspecified atom stereocenters. The molecular formula is C27H22N4O4. The van der Waals surface area contributed by atoms with Gasteiger partial charge < -0.3 is 20.1 Å². The van der Waals surface area contributed by atoms with Crippen molar-refractivity contribution >= 4 is 16.6 Å². The molecule has 2 aromatic heterocycles. The van der Waals surface area contributed by atoms with Crippen molar-refractivity contribution in [3.8, 4) is 28.4 Å². The topological polar surface area (TPSA) is 101 Å². The van der Waals surface area contributed by atoms with Gasteiger partial charge in [0.1, 0.15) is 11.5 Å². The third kappa shape index (κ3) is 2.86. The number of phenols is 2. The minimum absolute atomic E-state index is 0.0612. The van der Waals surface area contributed by atoms with E-state index >= 15 is 0 Å². The van der Waals surface area contributed by atoms with Gasteiger partial charge in [0, 0.05) is 25.7 Å². The average Bonchev–Trinajstić information content (AvgIpc) is 3.23. The van der Waals surface area contributed by atoms with Crippen LogP contribution < -0.4 is 16.6 Å². The molecule has 0 saturated heterocycles. The number of hydrogen-bond donors (Lipinski definition) is 3. The van der Waals surface area contributed by atoms with Crippen molar-refractivity contribution in [3.05, 3.63) is 105 Å². The predicted octanol–water partition coefficient (Wildman–Crippen LogP) is 3.62. The number of para-hydroxylation sites is 2. The van der Waals surface area contributed by atoms with Gasteiger partial charge >= 0.3 is 5.69 Å². The van der Waals surface area contributed by atoms with E-state index in [1.165, 1.54) is 23.7 Å². The second kappa shape index (κ2) is 7.39. The van der Waals surface area contributed by atoms with Gasteiger partial charge in [-0.15, -0.1) is 0 Å². The molecule has 5 aromatic rings. The lowest BCUT2D eigenvalue weighted by Gasteiger charge is -2.31. The molecule has 0 spiro atoms. The quantitative estimate of drug-likeness (QED) is 0.369. The molecule has 1 aliphatic heterocycles. The molecule has 3 aromatic carbocycles. The van der Waals surface area contributed by atoms with Crippen LogP contribution in [0.1, 0.15) is 17.3 Å². The molecule has 0 radical (unpaired) electrons. The van der Waals surface area contributed by atoms with Crippen LogP contribution >= 0.6 is 0 Å². The highest BCUT2D eigenvalue weighted by atomic mass is 16.3. The van der Waals surface area contributed by atoms with Crippen LogP contribution in [0.15, 0.2) is 82.4 Å². The lowest BCUT2D eigenvalue weighted by molar-refractivity contribution is 0.444. The summed E-state index contributed by atoms with van der Waals surface area (Å²) in [5.74, 6) is -0.160. The molecule has 8 heteroatoms. The van der Waals surface area contributed by atoms with Crippen LogP contribution in [0.5, 0.6) is 11.5 Å². The molecule has 1 aliphatic rings. The van der Waals surface area contributed by atoms with Crippen molar-refractivity contribution in [2.75, 3.05) is 5.32 Å². The number of nitrogens with one attached hydrogen (secondary N) is 1. The Kier molecular flexibility index (Phi) is 4.41.